The Morgan fingerprint density at radius 1 is 1.54 bits per heavy atom. The van der Waals surface area contributed by atoms with Crippen LogP contribution in [0, 0.1) is 18.2 Å². The molecule has 1 aromatic rings. The van der Waals surface area contributed by atoms with E-state index in [0.29, 0.717) is 6.42 Å². The molecule has 0 aromatic heterocycles. The predicted octanol–water partition coefficient (Wildman–Crippen LogP) is 2.17. The summed E-state index contributed by atoms with van der Waals surface area (Å²) in [6, 6.07) is 4.45. The van der Waals surface area contributed by atoms with Gasteiger partial charge in [-0.05, 0) is 36.4 Å². The quantitative estimate of drug-likeness (QED) is 0.688. The SMILES string of the molecule is Cc1cc(F)cc(C(N)CC=N)c1. The molecule has 0 saturated carbocycles. The third-order valence-electron chi connectivity index (χ3n) is 1.86. The molecule has 1 rings (SSSR count). The van der Waals surface area contributed by atoms with Crippen LogP contribution in [0.3, 0.4) is 0 Å². The van der Waals surface area contributed by atoms with Crippen molar-refractivity contribution in [1.82, 2.24) is 0 Å². The molecule has 0 aliphatic heterocycles. The van der Waals surface area contributed by atoms with Gasteiger partial charge in [-0.15, -0.1) is 0 Å². The van der Waals surface area contributed by atoms with E-state index >= 15 is 0 Å². The lowest BCUT2D eigenvalue weighted by Crippen LogP contribution is -2.10. The molecule has 0 aliphatic rings. The lowest BCUT2D eigenvalue weighted by atomic mass is 10.0. The van der Waals surface area contributed by atoms with Crippen LogP contribution in [0.5, 0.6) is 0 Å². The smallest absolute Gasteiger partial charge is 0.123 e. The van der Waals surface area contributed by atoms with Crippen LogP contribution >= 0.6 is 0 Å². The third-order valence-corrected chi connectivity index (χ3v) is 1.86. The molecule has 0 radical (unpaired) electrons. The molecule has 0 bridgehead atoms. The largest absolute Gasteiger partial charge is 0.324 e. The molecule has 1 atom stereocenters. The molecule has 1 aromatic carbocycles. The number of aryl methyl sites for hydroxylation is 1. The summed E-state index contributed by atoms with van der Waals surface area (Å²) in [5.41, 5.74) is 7.33. The first-order valence-electron chi connectivity index (χ1n) is 4.15. The van der Waals surface area contributed by atoms with Crippen molar-refractivity contribution in [2.75, 3.05) is 0 Å². The molecule has 3 N–H and O–H groups in total. The van der Waals surface area contributed by atoms with Crippen LogP contribution in [0.15, 0.2) is 18.2 Å². The van der Waals surface area contributed by atoms with Gasteiger partial charge in [-0.1, -0.05) is 6.07 Å². The maximum atomic E-state index is 12.9. The van der Waals surface area contributed by atoms with Gasteiger partial charge in [-0.2, -0.15) is 0 Å². The van der Waals surface area contributed by atoms with Crippen molar-refractivity contribution >= 4 is 6.21 Å². The van der Waals surface area contributed by atoms with Crippen molar-refractivity contribution in [2.45, 2.75) is 19.4 Å². The second-order valence-electron chi connectivity index (χ2n) is 3.11. The van der Waals surface area contributed by atoms with E-state index < -0.39 is 0 Å². The fourth-order valence-electron chi connectivity index (χ4n) is 1.24. The van der Waals surface area contributed by atoms with Gasteiger partial charge in [-0.25, -0.2) is 4.39 Å². The van der Waals surface area contributed by atoms with Crippen molar-refractivity contribution < 1.29 is 4.39 Å². The number of hydrogen-bond donors (Lipinski definition) is 2. The molecule has 0 saturated heterocycles. The number of hydrogen-bond acceptors (Lipinski definition) is 2. The molecule has 70 valence electrons. The highest BCUT2D eigenvalue weighted by Crippen LogP contribution is 2.16. The first-order chi connectivity index (χ1) is 6.13. The Hall–Kier alpha value is -1.22. The maximum absolute atomic E-state index is 12.9. The molecule has 0 spiro atoms. The molecule has 13 heavy (non-hydrogen) atoms. The van der Waals surface area contributed by atoms with E-state index in [9.17, 15) is 4.39 Å². The van der Waals surface area contributed by atoms with Gasteiger partial charge in [-0.3, -0.25) is 0 Å². The number of halogens is 1. The first-order valence-corrected chi connectivity index (χ1v) is 4.15. The number of nitrogens with two attached hydrogens (primary N) is 1. The standard InChI is InChI=1S/C10H13FN2/c1-7-4-8(6-9(11)5-7)10(13)2-3-12/h3-6,10,12H,2,13H2,1H3. The summed E-state index contributed by atoms with van der Waals surface area (Å²) in [6.07, 6.45) is 1.69. The van der Waals surface area contributed by atoms with Crippen LogP contribution in [-0.2, 0) is 0 Å². The van der Waals surface area contributed by atoms with E-state index in [1.165, 1.54) is 18.3 Å². The molecular formula is C10H13FN2. The Kier molecular flexibility index (Phi) is 3.14. The number of rotatable bonds is 3. The van der Waals surface area contributed by atoms with Crippen LogP contribution < -0.4 is 5.73 Å². The minimum absolute atomic E-state index is 0.268. The minimum atomic E-state index is -0.271. The van der Waals surface area contributed by atoms with Gasteiger partial charge in [0.05, 0.1) is 0 Å². The Morgan fingerprint density at radius 3 is 2.77 bits per heavy atom. The van der Waals surface area contributed by atoms with Gasteiger partial charge in [0.15, 0.2) is 0 Å². The average Bonchev–Trinajstić information content (AvgIpc) is 2.03. The van der Waals surface area contributed by atoms with Gasteiger partial charge in [0.1, 0.15) is 5.82 Å². The molecule has 0 amide bonds. The Balaban J connectivity index is 2.93. The summed E-state index contributed by atoms with van der Waals surface area (Å²) in [5.74, 6) is -0.268. The fourth-order valence-corrected chi connectivity index (χ4v) is 1.24. The van der Waals surface area contributed by atoms with Crippen molar-refractivity contribution in [1.29, 1.82) is 5.41 Å². The second kappa shape index (κ2) is 4.14. The van der Waals surface area contributed by atoms with Gasteiger partial charge in [0, 0.05) is 12.5 Å². The molecule has 3 heteroatoms. The zero-order valence-electron chi connectivity index (χ0n) is 7.55. The number of benzene rings is 1. The Labute approximate surface area is 77.1 Å². The zero-order valence-corrected chi connectivity index (χ0v) is 7.55. The summed E-state index contributed by atoms with van der Waals surface area (Å²) in [6.45, 7) is 1.82. The molecule has 0 fully saturated rings. The summed E-state index contributed by atoms with van der Waals surface area (Å²) in [7, 11) is 0. The monoisotopic (exact) mass is 180 g/mol. The molecule has 0 heterocycles. The maximum Gasteiger partial charge on any atom is 0.123 e. The summed E-state index contributed by atoms with van der Waals surface area (Å²) < 4.78 is 12.9. The number of nitrogens with one attached hydrogen (secondary N) is 1. The molecule has 2 nitrogen and oxygen atoms in total. The van der Waals surface area contributed by atoms with Crippen molar-refractivity contribution in [3.05, 3.63) is 35.1 Å². The molecule has 0 aliphatic carbocycles. The summed E-state index contributed by atoms with van der Waals surface area (Å²) in [5, 5.41) is 6.89. The van der Waals surface area contributed by atoms with E-state index in [0.717, 1.165) is 11.1 Å². The zero-order chi connectivity index (χ0) is 9.84. The third kappa shape index (κ3) is 2.63. The topological polar surface area (TPSA) is 49.9 Å². The van der Waals surface area contributed by atoms with E-state index in [-0.39, 0.29) is 11.9 Å². The van der Waals surface area contributed by atoms with Gasteiger partial charge in [0.2, 0.25) is 0 Å². The van der Waals surface area contributed by atoms with Crippen LogP contribution in [-0.4, -0.2) is 6.21 Å². The highest BCUT2D eigenvalue weighted by molar-refractivity contribution is 5.54. The second-order valence-corrected chi connectivity index (χ2v) is 3.11. The molecule has 1 unspecified atom stereocenters. The first kappa shape index (κ1) is 9.86. The summed E-state index contributed by atoms with van der Waals surface area (Å²) >= 11 is 0. The van der Waals surface area contributed by atoms with E-state index in [2.05, 4.69) is 0 Å². The average molecular weight is 180 g/mol. The van der Waals surface area contributed by atoms with Crippen molar-refractivity contribution in [2.24, 2.45) is 5.73 Å². The van der Waals surface area contributed by atoms with Crippen LogP contribution in [0.2, 0.25) is 0 Å². The normalized spacial score (nSPS) is 12.5. The van der Waals surface area contributed by atoms with Crippen molar-refractivity contribution in [3.63, 3.8) is 0 Å². The Morgan fingerprint density at radius 2 is 2.23 bits per heavy atom. The predicted molar refractivity (Wildman–Crippen MR) is 51.5 cm³/mol. The van der Waals surface area contributed by atoms with Gasteiger partial charge in [0.25, 0.3) is 0 Å². The fraction of sp³-hybridized carbons (Fsp3) is 0.300. The highest BCUT2D eigenvalue weighted by atomic mass is 19.1. The van der Waals surface area contributed by atoms with Gasteiger partial charge < -0.3 is 11.1 Å². The highest BCUT2D eigenvalue weighted by Gasteiger charge is 2.05. The van der Waals surface area contributed by atoms with E-state index in [4.69, 9.17) is 11.1 Å². The van der Waals surface area contributed by atoms with E-state index in [1.54, 1.807) is 0 Å². The van der Waals surface area contributed by atoms with Crippen LogP contribution in [0.4, 0.5) is 4.39 Å². The lowest BCUT2D eigenvalue weighted by Gasteiger charge is -2.09. The van der Waals surface area contributed by atoms with E-state index in [1.807, 2.05) is 13.0 Å². The van der Waals surface area contributed by atoms with Crippen molar-refractivity contribution in [3.8, 4) is 0 Å². The minimum Gasteiger partial charge on any atom is -0.324 e. The van der Waals surface area contributed by atoms with Crippen LogP contribution in [0.1, 0.15) is 23.6 Å². The van der Waals surface area contributed by atoms with Gasteiger partial charge >= 0.3 is 0 Å². The van der Waals surface area contributed by atoms with Crippen LogP contribution in [0.25, 0.3) is 0 Å². The Bertz CT molecular complexity index is 290. The lowest BCUT2D eigenvalue weighted by molar-refractivity contribution is 0.619. The molecular weight excluding hydrogens is 167 g/mol. The summed E-state index contributed by atoms with van der Waals surface area (Å²) in [4.78, 5) is 0.